The zero-order valence-electron chi connectivity index (χ0n) is 14.2. The third kappa shape index (κ3) is 4.05. The monoisotopic (exact) mass is 329 g/mol. The first kappa shape index (κ1) is 16.7. The summed E-state index contributed by atoms with van der Waals surface area (Å²) in [5, 5.41) is 8.87. The van der Waals surface area contributed by atoms with Gasteiger partial charge in [-0.1, -0.05) is 24.3 Å². The molecule has 124 valence electrons. The Labute approximate surface area is 147 Å². The third-order valence-corrected chi connectivity index (χ3v) is 4.29. The Morgan fingerprint density at radius 2 is 1.68 bits per heavy atom. The number of ketones is 1. The predicted octanol–water partition coefficient (Wildman–Crippen LogP) is 4.79. The first-order valence-corrected chi connectivity index (χ1v) is 8.29. The van der Waals surface area contributed by atoms with Gasteiger partial charge in [-0.05, 0) is 66.8 Å². The van der Waals surface area contributed by atoms with E-state index in [-0.39, 0.29) is 5.78 Å². The van der Waals surface area contributed by atoms with Crippen LogP contribution in [0.25, 0.3) is 12.2 Å². The van der Waals surface area contributed by atoms with E-state index in [2.05, 4.69) is 6.07 Å². The lowest BCUT2D eigenvalue weighted by Gasteiger charge is -2.16. The number of methoxy groups -OCH3 is 1. The van der Waals surface area contributed by atoms with Gasteiger partial charge in [0, 0.05) is 11.1 Å². The van der Waals surface area contributed by atoms with Crippen LogP contribution < -0.4 is 4.74 Å². The lowest BCUT2D eigenvalue weighted by molar-refractivity contribution is -0.112. The molecule has 1 aliphatic carbocycles. The molecule has 0 amide bonds. The van der Waals surface area contributed by atoms with Crippen molar-refractivity contribution in [3.63, 3.8) is 0 Å². The Morgan fingerprint density at radius 3 is 2.32 bits per heavy atom. The van der Waals surface area contributed by atoms with Crippen LogP contribution in [0.15, 0.2) is 59.7 Å². The van der Waals surface area contributed by atoms with Crippen molar-refractivity contribution in [3.05, 3.63) is 76.4 Å². The molecule has 0 spiro atoms. The van der Waals surface area contributed by atoms with Crippen LogP contribution in [0.2, 0.25) is 0 Å². The van der Waals surface area contributed by atoms with Crippen LogP contribution in [0.3, 0.4) is 0 Å². The van der Waals surface area contributed by atoms with Crippen LogP contribution in [-0.2, 0) is 4.79 Å². The number of benzene rings is 2. The first-order valence-electron chi connectivity index (χ1n) is 8.29. The summed E-state index contributed by atoms with van der Waals surface area (Å²) in [7, 11) is 1.64. The minimum atomic E-state index is 0.110. The van der Waals surface area contributed by atoms with Crippen molar-refractivity contribution in [1.82, 2.24) is 0 Å². The number of carbonyl (C=O) groups excluding carboxylic acids is 1. The van der Waals surface area contributed by atoms with Crippen molar-refractivity contribution in [2.24, 2.45) is 0 Å². The Kier molecular flexibility index (Phi) is 5.11. The fraction of sp³-hybridized carbons (Fsp3) is 0.182. The second-order valence-electron chi connectivity index (χ2n) is 6.03. The highest BCUT2D eigenvalue weighted by atomic mass is 16.5. The van der Waals surface area contributed by atoms with E-state index < -0.39 is 0 Å². The number of carbonyl (C=O) groups is 1. The Balaban J connectivity index is 1.86. The molecular formula is C22H19NO2. The highest BCUT2D eigenvalue weighted by molar-refractivity contribution is 6.13. The Morgan fingerprint density at radius 1 is 1.00 bits per heavy atom. The van der Waals surface area contributed by atoms with E-state index in [1.54, 1.807) is 19.2 Å². The maximum atomic E-state index is 12.8. The van der Waals surface area contributed by atoms with Gasteiger partial charge in [0.1, 0.15) is 5.75 Å². The van der Waals surface area contributed by atoms with Gasteiger partial charge in [-0.3, -0.25) is 4.79 Å². The summed E-state index contributed by atoms with van der Waals surface area (Å²) >= 11 is 0. The number of Topliss-reactive ketones (excluding diaryl/α,β-unsaturated/α-hetero) is 1. The zero-order chi connectivity index (χ0) is 17.6. The van der Waals surface area contributed by atoms with E-state index in [4.69, 9.17) is 10.00 Å². The highest BCUT2D eigenvalue weighted by Crippen LogP contribution is 2.28. The third-order valence-electron chi connectivity index (χ3n) is 4.29. The lowest BCUT2D eigenvalue weighted by Crippen LogP contribution is -2.12. The van der Waals surface area contributed by atoms with Gasteiger partial charge in [-0.2, -0.15) is 5.26 Å². The largest absolute Gasteiger partial charge is 0.497 e. The Hall–Kier alpha value is -3.12. The van der Waals surface area contributed by atoms with E-state index in [9.17, 15) is 4.79 Å². The molecule has 3 rings (SSSR count). The summed E-state index contributed by atoms with van der Waals surface area (Å²) in [4.78, 5) is 12.8. The summed E-state index contributed by atoms with van der Waals surface area (Å²) in [6, 6.07) is 17.1. The molecule has 1 fully saturated rings. The quantitative estimate of drug-likeness (QED) is 0.761. The molecule has 1 aliphatic rings. The minimum Gasteiger partial charge on any atom is -0.497 e. The van der Waals surface area contributed by atoms with Crippen LogP contribution in [0.1, 0.15) is 36.0 Å². The molecule has 0 N–H and O–H groups in total. The van der Waals surface area contributed by atoms with Crippen molar-refractivity contribution in [2.45, 2.75) is 19.3 Å². The number of rotatable bonds is 3. The lowest BCUT2D eigenvalue weighted by atomic mass is 9.87. The zero-order valence-corrected chi connectivity index (χ0v) is 14.2. The average Bonchev–Trinajstić information content (AvgIpc) is 2.66. The molecule has 0 aromatic heterocycles. The van der Waals surface area contributed by atoms with Gasteiger partial charge in [0.05, 0.1) is 18.7 Å². The molecular weight excluding hydrogens is 310 g/mol. The Bertz CT molecular complexity index is 883. The predicted molar refractivity (Wildman–Crippen MR) is 99.0 cm³/mol. The van der Waals surface area contributed by atoms with Crippen molar-refractivity contribution in [1.29, 1.82) is 5.26 Å². The van der Waals surface area contributed by atoms with E-state index in [1.807, 2.05) is 48.6 Å². The molecule has 0 heterocycles. The molecule has 0 aliphatic heterocycles. The van der Waals surface area contributed by atoms with E-state index in [0.717, 1.165) is 47.3 Å². The first-order chi connectivity index (χ1) is 12.2. The molecule has 0 saturated heterocycles. The number of hydrogen-bond donors (Lipinski definition) is 0. The minimum absolute atomic E-state index is 0.110. The number of nitriles is 1. The summed E-state index contributed by atoms with van der Waals surface area (Å²) in [5.74, 6) is 0.893. The van der Waals surface area contributed by atoms with Crippen LogP contribution in [0.4, 0.5) is 0 Å². The second-order valence-corrected chi connectivity index (χ2v) is 6.03. The number of ether oxygens (including phenoxy) is 1. The number of hydrogen-bond acceptors (Lipinski definition) is 3. The molecule has 0 radical (unpaired) electrons. The molecule has 2 aromatic rings. The van der Waals surface area contributed by atoms with Gasteiger partial charge in [-0.15, -0.1) is 0 Å². The molecule has 2 aromatic carbocycles. The maximum Gasteiger partial charge on any atom is 0.185 e. The van der Waals surface area contributed by atoms with Gasteiger partial charge < -0.3 is 4.74 Å². The smallest absolute Gasteiger partial charge is 0.185 e. The van der Waals surface area contributed by atoms with Gasteiger partial charge in [-0.25, -0.2) is 0 Å². The van der Waals surface area contributed by atoms with E-state index >= 15 is 0 Å². The second kappa shape index (κ2) is 7.63. The van der Waals surface area contributed by atoms with Crippen molar-refractivity contribution in [2.75, 3.05) is 7.11 Å². The van der Waals surface area contributed by atoms with Crippen LogP contribution in [-0.4, -0.2) is 12.9 Å². The normalized spacial score (nSPS) is 17.5. The fourth-order valence-corrected chi connectivity index (χ4v) is 2.97. The van der Waals surface area contributed by atoms with Crippen molar-refractivity contribution < 1.29 is 9.53 Å². The van der Waals surface area contributed by atoms with Crippen molar-refractivity contribution >= 4 is 17.9 Å². The molecule has 3 nitrogen and oxygen atoms in total. The molecule has 0 unspecified atom stereocenters. The molecule has 25 heavy (non-hydrogen) atoms. The fourth-order valence-electron chi connectivity index (χ4n) is 2.97. The van der Waals surface area contributed by atoms with E-state index in [0.29, 0.717) is 5.56 Å². The topological polar surface area (TPSA) is 50.1 Å². The van der Waals surface area contributed by atoms with Crippen LogP contribution >= 0.6 is 0 Å². The van der Waals surface area contributed by atoms with Crippen molar-refractivity contribution in [3.8, 4) is 11.8 Å². The average molecular weight is 329 g/mol. The SMILES string of the molecule is COc1cccc(/C=C2\CCC/C(=C\c3ccc(C#N)cc3)C2=O)c1. The number of nitrogens with zero attached hydrogens (tertiary/aromatic N) is 1. The molecule has 0 bridgehead atoms. The van der Waals surface area contributed by atoms with Gasteiger partial charge in [0.25, 0.3) is 0 Å². The molecule has 0 atom stereocenters. The van der Waals surface area contributed by atoms with Crippen LogP contribution in [0, 0.1) is 11.3 Å². The maximum absolute atomic E-state index is 12.8. The van der Waals surface area contributed by atoms with Gasteiger partial charge in [0.15, 0.2) is 5.78 Å². The summed E-state index contributed by atoms with van der Waals surface area (Å²) < 4.78 is 5.24. The van der Waals surface area contributed by atoms with Gasteiger partial charge >= 0.3 is 0 Å². The van der Waals surface area contributed by atoms with E-state index in [1.165, 1.54) is 0 Å². The summed E-state index contributed by atoms with van der Waals surface area (Å²) in [6.45, 7) is 0. The van der Waals surface area contributed by atoms with Crippen LogP contribution in [0.5, 0.6) is 5.75 Å². The summed E-state index contributed by atoms with van der Waals surface area (Å²) in [5.41, 5.74) is 4.20. The molecule has 3 heteroatoms. The number of allylic oxidation sites excluding steroid dienone is 2. The van der Waals surface area contributed by atoms with Gasteiger partial charge in [0.2, 0.25) is 0 Å². The standard InChI is InChI=1S/C22H19NO2/c1-25-21-7-2-4-18(14-21)13-20-6-3-5-19(22(20)24)12-16-8-10-17(15-23)11-9-16/h2,4,7-14H,3,5-6H2,1H3/b19-12+,20-13+. The summed E-state index contributed by atoms with van der Waals surface area (Å²) in [6.07, 6.45) is 6.43. The molecule has 1 saturated carbocycles. The highest BCUT2D eigenvalue weighted by Gasteiger charge is 2.20.